The molecule has 186 valence electrons. The zero-order chi connectivity index (χ0) is 25.4. The number of nitrogens with one attached hydrogen (secondary N) is 1. The molecule has 1 N–H and O–H groups in total. The molecule has 0 aliphatic heterocycles. The van der Waals surface area contributed by atoms with Gasteiger partial charge in [-0.1, -0.05) is 41.4 Å². The summed E-state index contributed by atoms with van der Waals surface area (Å²) in [6, 6.07) is 18.8. The molecule has 0 radical (unpaired) electrons. The van der Waals surface area contributed by atoms with E-state index in [1.165, 1.54) is 43.5 Å². The molecule has 35 heavy (non-hydrogen) atoms. The largest absolute Gasteiger partial charge is 0.493 e. The maximum atomic E-state index is 13.6. The van der Waals surface area contributed by atoms with Crippen molar-refractivity contribution < 1.29 is 22.7 Å². The fraction of sp³-hybridized carbons (Fsp3) is 0.269. The second-order valence-electron chi connectivity index (χ2n) is 7.95. The van der Waals surface area contributed by atoms with E-state index in [0.717, 1.165) is 17.1 Å². The number of carbonyl (C=O) groups is 1. The first-order valence-corrected chi connectivity index (χ1v) is 12.9. The molecule has 3 rings (SSSR count). The maximum Gasteiger partial charge on any atom is 0.264 e. The Morgan fingerprint density at radius 3 is 2.34 bits per heavy atom. The van der Waals surface area contributed by atoms with Crippen LogP contribution in [0.2, 0.25) is 5.02 Å². The van der Waals surface area contributed by atoms with Gasteiger partial charge in [0, 0.05) is 17.6 Å². The van der Waals surface area contributed by atoms with Crippen molar-refractivity contribution in [3.8, 4) is 11.5 Å². The molecule has 1 amide bonds. The number of rotatable bonds is 11. The lowest BCUT2D eigenvalue weighted by Gasteiger charge is -2.24. The number of benzene rings is 3. The van der Waals surface area contributed by atoms with E-state index in [9.17, 15) is 13.2 Å². The van der Waals surface area contributed by atoms with Gasteiger partial charge >= 0.3 is 0 Å². The van der Waals surface area contributed by atoms with Crippen molar-refractivity contribution in [1.29, 1.82) is 0 Å². The molecule has 0 fully saturated rings. The first kappa shape index (κ1) is 26.4. The number of sulfonamides is 1. The molecule has 3 aromatic rings. The molecule has 0 aliphatic rings. The maximum absolute atomic E-state index is 13.6. The molecule has 9 heteroatoms. The summed E-state index contributed by atoms with van der Waals surface area (Å²) in [7, 11) is -1.21. The number of nitrogens with zero attached hydrogens (tertiary/aromatic N) is 1. The Morgan fingerprint density at radius 2 is 1.69 bits per heavy atom. The number of anilines is 1. The minimum absolute atomic E-state index is 0.0302. The highest BCUT2D eigenvalue weighted by molar-refractivity contribution is 7.92. The lowest BCUT2D eigenvalue weighted by molar-refractivity contribution is -0.119. The first-order chi connectivity index (χ1) is 16.7. The van der Waals surface area contributed by atoms with Crippen LogP contribution in [0.1, 0.15) is 17.5 Å². The second kappa shape index (κ2) is 12.0. The Hall–Kier alpha value is -3.23. The quantitative estimate of drug-likeness (QED) is 0.376. The Morgan fingerprint density at radius 1 is 0.971 bits per heavy atom. The minimum Gasteiger partial charge on any atom is -0.493 e. The molecule has 0 heterocycles. The Balaban J connectivity index is 1.77. The Labute approximate surface area is 211 Å². The number of methoxy groups -OCH3 is 2. The molecule has 0 saturated carbocycles. The summed E-state index contributed by atoms with van der Waals surface area (Å²) in [4.78, 5) is 12.7. The molecule has 0 aromatic heterocycles. The zero-order valence-corrected chi connectivity index (χ0v) is 21.5. The van der Waals surface area contributed by atoms with Crippen molar-refractivity contribution in [2.75, 3.05) is 31.6 Å². The summed E-state index contributed by atoms with van der Waals surface area (Å²) >= 11 is 5.99. The van der Waals surface area contributed by atoms with Crippen molar-refractivity contribution >= 4 is 33.2 Å². The van der Waals surface area contributed by atoms with Gasteiger partial charge in [0.05, 0.1) is 24.8 Å². The smallest absolute Gasteiger partial charge is 0.264 e. The van der Waals surface area contributed by atoms with Gasteiger partial charge in [-0.2, -0.15) is 0 Å². The zero-order valence-electron chi connectivity index (χ0n) is 20.0. The van der Waals surface area contributed by atoms with Crippen molar-refractivity contribution in [3.05, 3.63) is 82.9 Å². The summed E-state index contributed by atoms with van der Waals surface area (Å²) in [5, 5.41) is 3.28. The fourth-order valence-corrected chi connectivity index (χ4v) is 5.16. The van der Waals surface area contributed by atoms with Crippen LogP contribution in [0.25, 0.3) is 0 Å². The van der Waals surface area contributed by atoms with Gasteiger partial charge in [-0.25, -0.2) is 8.42 Å². The topological polar surface area (TPSA) is 84.9 Å². The average molecular weight is 517 g/mol. The normalized spacial score (nSPS) is 11.1. The summed E-state index contributed by atoms with van der Waals surface area (Å²) < 4.78 is 38.7. The highest BCUT2D eigenvalue weighted by Gasteiger charge is 2.28. The van der Waals surface area contributed by atoms with E-state index in [1.807, 2.05) is 25.1 Å². The molecule has 0 saturated heterocycles. The van der Waals surface area contributed by atoms with E-state index in [1.54, 1.807) is 24.3 Å². The molecule has 7 nitrogen and oxygen atoms in total. The number of ether oxygens (including phenoxy) is 2. The van der Waals surface area contributed by atoms with Crippen molar-refractivity contribution in [1.82, 2.24) is 5.32 Å². The van der Waals surface area contributed by atoms with Gasteiger partial charge in [0.25, 0.3) is 10.0 Å². The van der Waals surface area contributed by atoms with E-state index < -0.39 is 15.9 Å². The molecular formula is C26H29ClN2O5S. The third-order valence-electron chi connectivity index (χ3n) is 5.39. The number of halogens is 1. The van der Waals surface area contributed by atoms with Gasteiger partial charge in [0.15, 0.2) is 11.5 Å². The van der Waals surface area contributed by atoms with Crippen molar-refractivity contribution in [2.24, 2.45) is 0 Å². The molecular weight excluding hydrogens is 488 g/mol. The summed E-state index contributed by atoms with van der Waals surface area (Å²) in [6.07, 6.45) is 1.55. The van der Waals surface area contributed by atoms with Crippen LogP contribution in [0.15, 0.2) is 71.6 Å². The predicted octanol–water partition coefficient (Wildman–Crippen LogP) is 4.61. The SMILES string of the molecule is COc1ccc(S(=O)(=O)N(CC(=O)NCCCc2cccc(C)c2)c2ccc(Cl)cc2)cc1OC. The molecule has 0 unspecified atom stereocenters. The third-order valence-corrected chi connectivity index (χ3v) is 7.41. The summed E-state index contributed by atoms with van der Waals surface area (Å²) in [5.74, 6) is 0.259. The highest BCUT2D eigenvalue weighted by Crippen LogP contribution is 2.32. The lowest BCUT2D eigenvalue weighted by Crippen LogP contribution is -2.41. The van der Waals surface area contributed by atoms with Crippen LogP contribution in [0.4, 0.5) is 5.69 Å². The van der Waals surface area contributed by atoms with Gasteiger partial charge in [-0.3, -0.25) is 9.10 Å². The lowest BCUT2D eigenvalue weighted by atomic mass is 10.1. The molecule has 0 spiro atoms. The predicted molar refractivity (Wildman–Crippen MR) is 138 cm³/mol. The first-order valence-electron chi connectivity index (χ1n) is 11.1. The van der Waals surface area contributed by atoms with Gasteiger partial charge in [0.1, 0.15) is 6.54 Å². The van der Waals surface area contributed by atoms with Crippen LogP contribution >= 0.6 is 11.6 Å². The van der Waals surface area contributed by atoms with E-state index in [4.69, 9.17) is 21.1 Å². The number of hydrogen-bond acceptors (Lipinski definition) is 5. The second-order valence-corrected chi connectivity index (χ2v) is 10.2. The van der Waals surface area contributed by atoms with Gasteiger partial charge < -0.3 is 14.8 Å². The van der Waals surface area contributed by atoms with Gasteiger partial charge in [0.2, 0.25) is 5.91 Å². The molecule has 0 atom stereocenters. The number of amides is 1. The monoisotopic (exact) mass is 516 g/mol. The van der Waals surface area contributed by atoms with Gasteiger partial charge in [-0.15, -0.1) is 0 Å². The van der Waals surface area contributed by atoms with E-state index in [-0.39, 0.29) is 17.2 Å². The van der Waals surface area contributed by atoms with Gasteiger partial charge in [-0.05, 0) is 61.7 Å². The Kier molecular flexibility index (Phi) is 9.01. The van der Waals surface area contributed by atoms with Crippen LogP contribution < -0.4 is 19.1 Å². The van der Waals surface area contributed by atoms with Crippen molar-refractivity contribution in [3.63, 3.8) is 0 Å². The average Bonchev–Trinajstić information content (AvgIpc) is 2.85. The molecule has 3 aromatic carbocycles. The van der Waals surface area contributed by atoms with E-state index in [0.29, 0.717) is 23.0 Å². The summed E-state index contributed by atoms with van der Waals surface area (Å²) in [5.41, 5.74) is 2.70. The Bertz CT molecular complexity index is 1260. The summed E-state index contributed by atoms with van der Waals surface area (Å²) in [6.45, 7) is 2.08. The standard InChI is InChI=1S/C26H29ClN2O5S/c1-19-6-4-7-20(16-19)8-5-15-28-26(30)18-29(22-11-9-21(27)10-12-22)35(31,32)23-13-14-24(33-2)25(17-23)34-3/h4,6-7,9-14,16-17H,5,8,15,18H2,1-3H3,(H,28,30). The van der Waals surface area contributed by atoms with Crippen molar-refractivity contribution in [2.45, 2.75) is 24.7 Å². The van der Waals surface area contributed by atoms with Crippen LogP contribution in [0, 0.1) is 6.92 Å². The number of aryl methyl sites for hydroxylation is 2. The highest BCUT2D eigenvalue weighted by atomic mass is 35.5. The van der Waals surface area contributed by atoms with Crippen LogP contribution in [-0.4, -0.2) is 41.6 Å². The molecule has 0 bridgehead atoms. The van der Waals surface area contributed by atoms with Crippen LogP contribution in [0.3, 0.4) is 0 Å². The van der Waals surface area contributed by atoms with E-state index in [2.05, 4.69) is 11.4 Å². The minimum atomic E-state index is -4.10. The van der Waals surface area contributed by atoms with E-state index >= 15 is 0 Å². The van der Waals surface area contributed by atoms with Crippen LogP contribution in [0.5, 0.6) is 11.5 Å². The number of carbonyl (C=O) groups excluding carboxylic acids is 1. The fourth-order valence-electron chi connectivity index (χ4n) is 3.60. The van der Waals surface area contributed by atoms with Crippen LogP contribution in [-0.2, 0) is 21.2 Å². The third kappa shape index (κ3) is 6.90. The number of hydrogen-bond donors (Lipinski definition) is 1. The molecule has 0 aliphatic carbocycles.